The highest BCUT2D eigenvalue weighted by Crippen LogP contribution is 2.59. The van der Waals surface area contributed by atoms with Crippen molar-refractivity contribution in [2.45, 2.75) is 27.7 Å². The molecule has 0 aromatic rings. The topological polar surface area (TPSA) is 40.5 Å². The lowest BCUT2D eigenvalue weighted by atomic mass is 10.3. The number of aliphatic hydroxyl groups is 2. The highest BCUT2D eigenvalue weighted by atomic mass is 31.2. The van der Waals surface area contributed by atoms with Crippen LogP contribution in [0.1, 0.15) is 27.7 Å². The molecule has 0 aliphatic rings. The van der Waals surface area contributed by atoms with Crippen molar-refractivity contribution in [3.63, 3.8) is 0 Å². The molecule has 0 spiro atoms. The van der Waals surface area contributed by atoms with Gasteiger partial charge in [-0.1, -0.05) is 27.7 Å². The standard InChI is InChI=1S/C10H24O2P/c1-9(2)5-13(7-11,8-12)6-10(3)4/h9-12H,5-8H2,1-4H3/q+1. The van der Waals surface area contributed by atoms with Crippen molar-refractivity contribution >= 4 is 7.26 Å². The van der Waals surface area contributed by atoms with Gasteiger partial charge < -0.3 is 10.2 Å². The molecule has 0 aliphatic carbocycles. The molecule has 0 amide bonds. The van der Waals surface area contributed by atoms with Crippen molar-refractivity contribution in [3.05, 3.63) is 0 Å². The molecular weight excluding hydrogens is 183 g/mol. The van der Waals surface area contributed by atoms with Gasteiger partial charge in [-0.2, -0.15) is 0 Å². The Morgan fingerprint density at radius 3 is 1.31 bits per heavy atom. The Labute approximate surface area is 82.7 Å². The Morgan fingerprint density at radius 2 is 1.15 bits per heavy atom. The van der Waals surface area contributed by atoms with Crippen LogP contribution in [0, 0.1) is 11.8 Å². The molecule has 3 heteroatoms. The predicted octanol–water partition coefficient (Wildman–Crippen LogP) is 2.22. The van der Waals surface area contributed by atoms with Crippen LogP contribution in [0.3, 0.4) is 0 Å². The maximum atomic E-state index is 9.36. The Hall–Kier alpha value is 0.350. The summed E-state index contributed by atoms with van der Waals surface area (Å²) in [5.74, 6) is 1.15. The van der Waals surface area contributed by atoms with Crippen molar-refractivity contribution in [1.29, 1.82) is 0 Å². The fourth-order valence-corrected chi connectivity index (χ4v) is 5.70. The molecule has 0 aromatic heterocycles. The van der Waals surface area contributed by atoms with E-state index in [1.807, 2.05) is 0 Å². The fraction of sp³-hybridized carbons (Fsp3) is 1.00. The van der Waals surface area contributed by atoms with Crippen LogP contribution < -0.4 is 0 Å². The molecule has 0 unspecified atom stereocenters. The minimum Gasteiger partial charge on any atom is -0.362 e. The number of hydrogen-bond donors (Lipinski definition) is 2. The van der Waals surface area contributed by atoms with E-state index < -0.39 is 7.26 Å². The van der Waals surface area contributed by atoms with Crippen LogP contribution >= 0.6 is 7.26 Å². The highest BCUT2D eigenvalue weighted by Gasteiger charge is 2.37. The second kappa shape index (κ2) is 5.95. The summed E-state index contributed by atoms with van der Waals surface area (Å²) in [6.07, 6.45) is 2.44. The molecule has 0 saturated carbocycles. The molecule has 0 bridgehead atoms. The average molecular weight is 207 g/mol. The van der Waals surface area contributed by atoms with Crippen LogP contribution in [-0.2, 0) is 0 Å². The van der Waals surface area contributed by atoms with E-state index in [0.717, 1.165) is 12.3 Å². The molecule has 2 nitrogen and oxygen atoms in total. The van der Waals surface area contributed by atoms with E-state index in [1.54, 1.807) is 0 Å². The van der Waals surface area contributed by atoms with E-state index in [1.165, 1.54) is 0 Å². The van der Waals surface area contributed by atoms with E-state index in [-0.39, 0.29) is 12.7 Å². The minimum absolute atomic E-state index is 0.208. The van der Waals surface area contributed by atoms with Crippen molar-refractivity contribution in [2.24, 2.45) is 11.8 Å². The molecule has 80 valence electrons. The quantitative estimate of drug-likeness (QED) is 0.656. The van der Waals surface area contributed by atoms with Crippen LogP contribution in [0.2, 0.25) is 0 Å². The first-order valence-electron chi connectivity index (χ1n) is 5.02. The molecule has 0 fully saturated rings. The predicted molar refractivity (Wildman–Crippen MR) is 60.5 cm³/mol. The summed E-state index contributed by atoms with van der Waals surface area (Å²) in [6.45, 7) is 8.61. The molecular formula is C10H24O2P+. The summed E-state index contributed by atoms with van der Waals surface area (Å²) in [7, 11) is -1.46. The summed E-state index contributed by atoms with van der Waals surface area (Å²) in [5.41, 5.74) is 0. The smallest absolute Gasteiger partial charge is 0.156 e. The van der Waals surface area contributed by atoms with Gasteiger partial charge >= 0.3 is 0 Å². The second-order valence-electron chi connectivity index (χ2n) is 4.78. The number of rotatable bonds is 6. The zero-order chi connectivity index (χ0) is 10.5. The Balaban J connectivity index is 4.30. The number of aliphatic hydroxyl groups excluding tert-OH is 2. The van der Waals surface area contributed by atoms with Crippen LogP contribution in [-0.4, -0.2) is 35.2 Å². The second-order valence-corrected chi connectivity index (χ2v) is 8.76. The maximum Gasteiger partial charge on any atom is 0.156 e. The zero-order valence-electron chi connectivity index (χ0n) is 9.32. The van der Waals surface area contributed by atoms with E-state index in [4.69, 9.17) is 0 Å². The maximum absolute atomic E-state index is 9.36. The Morgan fingerprint density at radius 1 is 0.846 bits per heavy atom. The van der Waals surface area contributed by atoms with Crippen molar-refractivity contribution in [2.75, 3.05) is 25.0 Å². The van der Waals surface area contributed by atoms with E-state index in [2.05, 4.69) is 27.7 Å². The van der Waals surface area contributed by atoms with Gasteiger partial charge in [-0.05, 0) is 11.8 Å². The fourth-order valence-electron chi connectivity index (χ4n) is 1.90. The van der Waals surface area contributed by atoms with Crippen LogP contribution in [0.4, 0.5) is 0 Å². The molecule has 2 N–H and O–H groups in total. The molecule has 0 atom stereocenters. The third kappa shape index (κ3) is 4.95. The van der Waals surface area contributed by atoms with Gasteiger partial charge in [-0.25, -0.2) is 0 Å². The molecule has 0 rings (SSSR count). The lowest BCUT2D eigenvalue weighted by Crippen LogP contribution is -2.17. The van der Waals surface area contributed by atoms with E-state index in [9.17, 15) is 10.2 Å². The van der Waals surface area contributed by atoms with Gasteiger partial charge in [-0.3, -0.25) is 0 Å². The first-order valence-corrected chi connectivity index (χ1v) is 7.55. The van der Waals surface area contributed by atoms with Gasteiger partial charge in [0.1, 0.15) is 0 Å². The van der Waals surface area contributed by atoms with Gasteiger partial charge in [0.2, 0.25) is 0 Å². The molecule has 0 heterocycles. The lowest BCUT2D eigenvalue weighted by molar-refractivity contribution is 0.334. The van der Waals surface area contributed by atoms with Gasteiger partial charge in [0.15, 0.2) is 12.7 Å². The summed E-state index contributed by atoms with van der Waals surface area (Å²) < 4.78 is 0. The first kappa shape index (κ1) is 13.4. The highest BCUT2D eigenvalue weighted by molar-refractivity contribution is 7.75. The summed E-state index contributed by atoms with van der Waals surface area (Å²) in [4.78, 5) is 0. The minimum atomic E-state index is -1.46. The third-order valence-corrected chi connectivity index (χ3v) is 6.31. The Bertz CT molecular complexity index is 119. The van der Waals surface area contributed by atoms with Crippen molar-refractivity contribution < 1.29 is 10.2 Å². The van der Waals surface area contributed by atoms with Gasteiger partial charge in [0, 0.05) is 0 Å². The monoisotopic (exact) mass is 207 g/mol. The molecule has 0 radical (unpaired) electrons. The van der Waals surface area contributed by atoms with Crippen LogP contribution in [0.25, 0.3) is 0 Å². The number of hydrogen-bond acceptors (Lipinski definition) is 2. The van der Waals surface area contributed by atoms with Crippen LogP contribution in [0.5, 0.6) is 0 Å². The largest absolute Gasteiger partial charge is 0.362 e. The third-order valence-electron chi connectivity index (χ3n) is 2.10. The van der Waals surface area contributed by atoms with Gasteiger partial charge in [-0.15, -0.1) is 0 Å². The van der Waals surface area contributed by atoms with E-state index >= 15 is 0 Å². The summed E-state index contributed by atoms with van der Waals surface area (Å²) in [6, 6.07) is 0. The first-order chi connectivity index (χ1) is 5.95. The summed E-state index contributed by atoms with van der Waals surface area (Å²) >= 11 is 0. The summed E-state index contributed by atoms with van der Waals surface area (Å²) in [5, 5.41) is 18.7. The van der Waals surface area contributed by atoms with Gasteiger partial charge in [0.05, 0.1) is 19.6 Å². The average Bonchev–Trinajstić information content (AvgIpc) is 2.01. The molecule has 0 aliphatic heterocycles. The van der Waals surface area contributed by atoms with Gasteiger partial charge in [0.25, 0.3) is 0 Å². The Kier molecular flexibility index (Phi) is 6.11. The van der Waals surface area contributed by atoms with Crippen molar-refractivity contribution in [1.82, 2.24) is 0 Å². The lowest BCUT2D eigenvalue weighted by Gasteiger charge is -2.26. The normalized spacial score (nSPS) is 12.9. The van der Waals surface area contributed by atoms with Crippen molar-refractivity contribution in [3.8, 4) is 0 Å². The van der Waals surface area contributed by atoms with E-state index in [0.29, 0.717) is 11.8 Å². The molecule has 0 saturated heterocycles. The molecule has 0 aromatic carbocycles. The SMILES string of the molecule is CC(C)C[P+](CO)(CO)CC(C)C. The zero-order valence-corrected chi connectivity index (χ0v) is 10.2. The van der Waals surface area contributed by atoms with Crippen LogP contribution in [0.15, 0.2) is 0 Å². The molecule has 13 heavy (non-hydrogen) atoms.